The van der Waals surface area contributed by atoms with Crippen LogP contribution in [-0.4, -0.2) is 16.0 Å². The quantitative estimate of drug-likeness (QED) is 0.452. The minimum atomic E-state index is -0.390. The van der Waals surface area contributed by atoms with Crippen molar-refractivity contribution in [2.75, 3.05) is 5.32 Å². The van der Waals surface area contributed by atoms with Gasteiger partial charge in [-0.3, -0.25) is 15.1 Å². The molecule has 0 aliphatic rings. The molecule has 0 aliphatic heterocycles. The summed E-state index contributed by atoms with van der Waals surface area (Å²) in [5.74, 6) is 0.682. The molecule has 2 heterocycles. The Hall–Kier alpha value is -2.67. The average molecular weight is 418 g/mol. The van der Waals surface area contributed by atoms with Crippen LogP contribution in [0.25, 0.3) is 17.4 Å². The summed E-state index contributed by atoms with van der Waals surface area (Å²) in [6.45, 7) is 0. The largest absolute Gasteiger partial charge is 0.457 e. The van der Waals surface area contributed by atoms with Gasteiger partial charge in [-0.1, -0.05) is 23.2 Å². The maximum atomic E-state index is 12.0. The van der Waals surface area contributed by atoms with Gasteiger partial charge in [-0.25, -0.2) is 0 Å². The summed E-state index contributed by atoms with van der Waals surface area (Å²) >= 11 is 17.2. The van der Waals surface area contributed by atoms with Crippen molar-refractivity contribution in [2.24, 2.45) is 0 Å². The number of nitrogens with one attached hydrogen (secondary N) is 2. The van der Waals surface area contributed by atoms with E-state index in [-0.39, 0.29) is 11.0 Å². The first-order valence-corrected chi connectivity index (χ1v) is 8.93. The van der Waals surface area contributed by atoms with Crippen LogP contribution in [0.4, 0.5) is 5.69 Å². The van der Waals surface area contributed by atoms with Crippen LogP contribution in [0, 0.1) is 0 Å². The van der Waals surface area contributed by atoms with Gasteiger partial charge in [0, 0.05) is 22.9 Å². The molecule has 0 saturated heterocycles. The third-order valence-electron chi connectivity index (χ3n) is 3.38. The van der Waals surface area contributed by atoms with E-state index in [9.17, 15) is 4.79 Å². The molecule has 8 heteroatoms. The molecule has 1 aromatic carbocycles. The van der Waals surface area contributed by atoms with Crippen molar-refractivity contribution in [1.82, 2.24) is 10.3 Å². The molecule has 0 saturated carbocycles. The highest BCUT2D eigenvalue weighted by molar-refractivity contribution is 7.80. The number of amides is 1. The summed E-state index contributed by atoms with van der Waals surface area (Å²) in [6, 6.07) is 12.2. The maximum absolute atomic E-state index is 12.0. The van der Waals surface area contributed by atoms with Gasteiger partial charge >= 0.3 is 0 Å². The van der Waals surface area contributed by atoms with E-state index in [1.54, 1.807) is 54.9 Å². The molecule has 0 atom stereocenters. The first kappa shape index (κ1) is 19.1. The Bertz CT molecular complexity index is 1000. The Morgan fingerprint density at radius 1 is 1.19 bits per heavy atom. The molecule has 3 aromatic rings. The number of rotatable bonds is 4. The molecule has 2 N–H and O–H groups in total. The second-order valence-corrected chi connectivity index (χ2v) is 6.60. The zero-order valence-electron chi connectivity index (χ0n) is 13.8. The van der Waals surface area contributed by atoms with Crippen LogP contribution in [0.1, 0.15) is 5.76 Å². The molecule has 0 fully saturated rings. The zero-order valence-corrected chi connectivity index (χ0v) is 16.1. The smallest absolute Gasteiger partial charge is 0.250 e. The van der Waals surface area contributed by atoms with Gasteiger partial charge in [0.05, 0.1) is 16.9 Å². The molecule has 0 spiro atoms. The molecule has 1 amide bonds. The maximum Gasteiger partial charge on any atom is 0.250 e. The van der Waals surface area contributed by atoms with E-state index in [1.807, 2.05) is 0 Å². The summed E-state index contributed by atoms with van der Waals surface area (Å²) in [4.78, 5) is 15.9. The Balaban J connectivity index is 1.60. The van der Waals surface area contributed by atoms with Crippen molar-refractivity contribution in [1.29, 1.82) is 0 Å². The average Bonchev–Trinajstić information content (AvgIpc) is 3.09. The lowest BCUT2D eigenvalue weighted by molar-refractivity contribution is -0.115. The number of furan rings is 1. The molecule has 27 heavy (non-hydrogen) atoms. The van der Waals surface area contributed by atoms with Crippen LogP contribution in [0.15, 0.2) is 65.4 Å². The van der Waals surface area contributed by atoms with Crippen LogP contribution in [0.3, 0.4) is 0 Å². The number of pyridine rings is 1. The van der Waals surface area contributed by atoms with E-state index in [1.165, 1.54) is 12.2 Å². The van der Waals surface area contributed by atoms with Crippen molar-refractivity contribution >= 4 is 58.2 Å². The van der Waals surface area contributed by atoms with E-state index in [0.717, 1.165) is 0 Å². The van der Waals surface area contributed by atoms with E-state index < -0.39 is 0 Å². The van der Waals surface area contributed by atoms with E-state index in [2.05, 4.69) is 15.6 Å². The first-order chi connectivity index (χ1) is 13.0. The minimum Gasteiger partial charge on any atom is -0.457 e. The van der Waals surface area contributed by atoms with E-state index in [0.29, 0.717) is 32.8 Å². The first-order valence-electron chi connectivity index (χ1n) is 7.76. The van der Waals surface area contributed by atoms with Crippen molar-refractivity contribution in [3.05, 3.63) is 76.7 Å². The molecule has 0 radical (unpaired) electrons. The van der Waals surface area contributed by atoms with Crippen molar-refractivity contribution in [3.8, 4) is 11.3 Å². The Kier molecular flexibility index (Phi) is 6.24. The lowest BCUT2D eigenvalue weighted by Crippen LogP contribution is -2.32. The summed E-state index contributed by atoms with van der Waals surface area (Å²) in [5.41, 5.74) is 1.40. The highest BCUT2D eigenvalue weighted by Crippen LogP contribution is 2.31. The van der Waals surface area contributed by atoms with Gasteiger partial charge in [-0.15, -0.1) is 0 Å². The van der Waals surface area contributed by atoms with Crippen LogP contribution >= 0.6 is 35.4 Å². The third kappa shape index (κ3) is 5.40. The number of halogens is 2. The molecule has 0 unspecified atom stereocenters. The summed E-state index contributed by atoms with van der Waals surface area (Å²) in [5, 5.41) is 6.60. The van der Waals surface area contributed by atoms with Crippen LogP contribution in [-0.2, 0) is 4.79 Å². The number of carbonyl (C=O) groups excluding carboxylic acids is 1. The van der Waals surface area contributed by atoms with Gasteiger partial charge in [-0.2, -0.15) is 0 Å². The van der Waals surface area contributed by atoms with E-state index >= 15 is 0 Å². The lowest BCUT2D eigenvalue weighted by atomic mass is 10.2. The highest BCUT2D eigenvalue weighted by atomic mass is 35.5. The highest BCUT2D eigenvalue weighted by Gasteiger charge is 2.08. The van der Waals surface area contributed by atoms with Gasteiger partial charge in [0.1, 0.15) is 11.5 Å². The summed E-state index contributed by atoms with van der Waals surface area (Å²) in [6.07, 6.45) is 6.10. The minimum absolute atomic E-state index is 0.172. The fourth-order valence-electron chi connectivity index (χ4n) is 2.19. The second-order valence-electron chi connectivity index (χ2n) is 5.34. The van der Waals surface area contributed by atoms with Gasteiger partial charge in [0.15, 0.2) is 5.11 Å². The van der Waals surface area contributed by atoms with Crippen LogP contribution in [0.5, 0.6) is 0 Å². The van der Waals surface area contributed by atoms with Crippen molar-refractivity contribution < 1.29 is 9.21 Å². The van der Waals surface area contributed by atoms with Gasteiger partial charge in [0.25, 0.3) is 0 Å². The second kappa shape index (κ2) is 8.81. The zero-order chi connectivity index (χ0) is 19.2. The number of aromatic nitrogens is 1. The fraction of sp³-hybridized carbons (Fsp3) is 0. The van der Waals surface area contributed by atoms with Gasteiger partial charge in [0.2, 0.25) is 5.91 Å². The number of hydrogen-bond acceptors (Lipinski definition) is 4. The topological polar surface area (TPSA) is 67.2 Å². The van der Waals surface area contributed by atoms with Crippen molar-refractivity contribution in [2.45, 2.75) is 0 Å². The normalized spacial score (nSPS) is 10.7. The van der Waals surface area contributed by atoms with Gasteiger partial charge in [-0.05, 0) is 60.8 Å². The number of hydrogen-bond donors (Lipinski definition) is 2. The number of benzene rings is 1. The molecule has 2 aromatic heterocycles. The Morgan fingerprint density at radius 2 is 2.04 bits per heavy atom. The van der Waals surface area contributed by atoms with Crippen LogP contribution < -0.4 is 10.6 Å². The standard InChI is InChI=1S/C19H13Cl2N3O2S/c20-12-3-6-15(16(21)10-12)17-7-4-14(26-17)5-8-18(25)24-19(27)23-13-2-1-9-22-11-13/h1-11H,(H2,23,24,25,27)/b8-5+. The van der Waals surface area contributed by atoms with Crippen molar-refractivity contribution in [3.63, 3.8) is 0 Å². The molecular weight excluding hydrogens is 405 g/mol. The number of anilines is 1. The monoisotopic (exact) mass is 417 g/mol. The molecule has 136 valence electrons. The summed E-state index contributed by atoms with van der Waals surface area (Å²) in [7, 11) is 0. The van der Waals surface area contributed by atoms with Gasteiger partial charge < -0.3 is 9.73 Å². The lowest BCUT2D eigenvalue weighted by Gasteiger charge is -2.06. The number of carbonyl (C=O) groups is 1. The Morgan fingerprint density at radius 3 is 2.78 bits per heavy atom. The predicted octanol–water partition coefficient (Wildman–Crippen LogP) is 5.17. The molecule has 0 aliphatic carbocycles. The van der Waals surface area contributed by atoms with E-state index in [4.69, 9.17) is 39.8 Å². The number of nitrogens with zero attached hydrogens (tertiary/aromatic N) is 1. The third-order valence-corrected chi connectivity index (χ3v) is 4.13. The Labute approximate surface area is 171 Å². The number of thiocarbonyl (C=S) groups is 1. The summed E-state index contributed by atoms with van der Waals surface area (Å²) < 4.78 is 5.69. The molecule has 5 nitrogen and oxygen atoms in total. The SMILES string of the molecule is O=C(/C=C/c1ccc(-c2ccc(Cl)cc2Cl)o1)NC(=S)Nc1cccnc1. The molecular formula is C19H13Cl2N3O2S. The molecule has 0 bridgehead atoms. The predicted molar refractivity (Wildman–Crippen MR) is 112 cm³/mol. The van der Waals surface area contributed by atoms with Crippen LogP contribution in [0.2, 0.25) is 10.0 Å². The fourth-order valence-corrected chi connectivity index (χ4v) is 2.91. The molecule has 3 rings (SSSR count).